The average molecular weight is 348 g/mol. The van der Waals surface area contributed by atoms with Gasteiger partial charge in [0.15, 0.2) is 0 Å². The van der Waals surface area contributed by atoms with Crippen molar-refractivity contribution in [3.05, 3.63) is 83.5 Å². The molecule has 3 rings (SSSR count). The summed E-state index contributed by atoms with van der Waals surface area (Å²) >= 11 is 0. The fraction of sp³-hybridized carbons (Fsp3) is 0.182. The first-order chi connectivity index (χ1) is 12.6. The maximum absolute atomic E-state index is 11.2. The van der Waals surface area contributed by atoms with Gasteiger partial charge in [-0.2, -0.15) is 0 Å². The third-order valence-corrected chi connectivity index (χ3v) is 4.60. The molecule has 1 aromatic carbocycles. The second-order valence-electron chi connectivity index (χ2n) is 6.22. The summed E-state index contributed by atoms with van der Waals surface area (Å²) < 4.78 is 5.08. The van der Waals surface area contributed by atoms with Gasteiger partial charge in [-0.3, -0.25) is 0 Å². The first kappa shape index (κ1) is 17.7. The van der Waals surface area contributed by atoms with Crippen molar-refractivity contribution in [3.63, 3.8) is 0 Å². The van der Waals surface area contributed by atoms with E-state index >= 15 is 0 Å². The van der Waals surface area contributed by atoms with Gasteiger partial charge in [-0.1, -0.05) is 43.0 Å². The maximum atomic E-state index is 11.2. The van der Waals surface area contributed by atoms with Crippen LogP contribution in [-0.2, 0) is 9.59 Å². The highest BCUT2D eigenvalue weighted by Gasteiger charge is 2.16. The summed E-state index contributed by atoms with van der Waals surface area (Å²) in [6.45, 7) is 3.38. The smallest absolute Gasteiger partial charge is 0.335 e. The van der Waals surface area contributed by atoms with Crippen molar-refractivity contribution in [1.29, 1.82) is 0 Å². The molecule has 0 spiro atoms. The number of esters is 1. The number of hydrogen-bond donors (Lipinski definition) is 1. The van der Waals surface area contributed by atoms with Gasteiger partial charge in [0.05, 0.1) is 0 Å². The summed E-state index contributed by atoms with van der Waals surface area (Å²) in [6.07, 6.45) is 12.2. The van der Waals surface area contributed by atoms with Crippen molar-refractivity contribution < 1.29 is 19.4 Å². The molecule has 4 nitrogen and oxygen atoms in total. The topological polar surface area (TPSA) is 63.6 Å². The Bertz CT molecular complexity index is 864. The molecule has 0 bridgehead atoms. The summed E-state index contributed by atoms with van der Waals surface area (Å²) in [7, 11) is 0. The molecular weight excluding hydrogens is 328 g/mol. The van der Waals surface area contributed by atoms with Crippen LogP contribution >= 0.6 is 0 Å². The van der Waals surface area contributed by atoms with Gasteiger partial charge < -0.3 is 9.84 Å². The first-order valence-corrected chi connectivity index (χ1v) is 8.54. The van der Waals surface area contributed by atoms with E-state index in [2.05, 4.69) is 18.7 Å². The highest BCUT2D eigenvalue weighted by molar-refractivity contribution is 5.87. The molecular formula is C22H20O4. The Morgan fingerprint density at radius 3 is 1.96 bits per heavy atom. The molecule has 0 atom stereocenters. The minimum Gasteiger partial charge on any atom is -0.478 e. The lowest BCUT2D eigenvalue weighted by atomic mass is 9.86. The molecule has 0 aliphatic heterocycles. The van der Waals surface area contributed by atoms with Crippen LogP contribution in [0.4, 0.5) is 0 Å². The Hall–Kier alpha value is -3.14. The van der Waals surface area contributed by atoms with Crippen molar-refractivity contribution >= 4 is 17.5 Å². The molecule has 0 unspecified atom stereocenters. The summed E-state index contributed by atoms with van der Waals surface area (Å²) in [4.78, 5) is 22.2. The molecule has 2 aliphatic rings. The quantitative estimate of drug-likeness (QED) is 0.479. The summed E-state index contributed by atoms with van der Waals surface area (Å²) in [5, 5.41) is 9.02. The predicted molar refractivity (Wildman–Crippen MR) is 101 cm³/mol. The van der Waals surface area contributed by atoms with E-state index in [-0.39, 0.29) is 0 Å². The average Bonchev–Trinajstić information content (AvgIpc) is 2.68. The maximum Gasteiger partial charge on any atom is 0.335 e. The number of benzene rings is 1. The molecule has 0 saturated heterocycles. The zero-order chi connectivity index (χ0) is 18.5. The van der Waals surface area contributed by atoms with E-state index < -0.39 is 11.9 Å². The third kappa shape index (κ3) is 4.09. The van der Waals surface area contributed by atoms with Crippen LogP contribution in [0.5, 0.6) is 5.75 Å². The normalized spacial score (nSPS) is 16.6. The first-order valence-electron chi connectivity index (χ1n) is 8.54. The molecule has 1 aromatic rings. The van der Waals surface area contributed by atoms with Gasteiger partial charge >= 0.3 is 11.9 Å². The molecule has 0 amide bonds. The summed E-state index contributed by atoms with van der Waals surface area (Å²) in [5.74, 6) is -0.801. The van der Waals surface area contributed by atoms with Crippen molar-refractivity contribution in [2.75, 3.05) is 0 Å². The highest BCUT2D eigenvalue weighted by atomic mass is 16.5. The van der Waals surface area contributed by atoms with E-state index in [1.54, 1.807) is 18.2 Å². The number of rotatable bonds is 5. The molecule has 0 saturated carbocycles. The summed E-state index contributed by atoms with van der Waals surface area (Å²) in [6, 6.07) is 7.44. The molecule has 0 radical (unpaired) electrons. The van der Waals surface area contributed by atoms with Crippen molar-refractivity contribution in [2.45, 2.75) is 25.7 Å². The number of allylic oxidation sites excluding steroid dienone is 7. The molecule has 0 aromatic heterocycles. The molecule has 0 heterocycles. The van der Waals surface area contributed by atoms with Crippen LogP contribution in [0.3, 0.4) is 0 Å². The van der Waals surface area contributed by atoms with Crippen molar-refractivity contribution in [2.24, 2.45) is 0 Å². The number of ether oxygens (including phenoxy) is 1. The van der Waals surface area contributed by atoms with E-state index in [0.717, 1.165) is 30.9 Å². The fourth-order valence-corrected chi connectivity index (χ4v) is 3.12. The Labute approximate surface area is 152 Å². The zero-order valence-corrected chi connectivity index (χ0v) is 14.4. The second-order valence-corrected chi connectivity index (χ2v) is 6.22. The van der Waals surface area contributed by atoms with E-state index in [4.69, 9.17) is 9.84 Å². The Morgan fingerprint density at radius 1 is 0.885 bits per heavy atom. The summed E-state index contributed by atoms with van der Waals surface area (Å²) in [5.41, 5.74) is 5.29. The SMILES string of the molecule is C=CC(=O)Oc1ccc(C2=CC=C(C3=CC=C(C(=O)O)CC3)CC2)cc1. The van der Waals surface area contributed by atoms with Gasteiger partial charge in [-0.05, 0) is 60.1 Å². The monoisotopic (exact) mass is 348 g/mol. The van der Waals surface area contributed by atoms with Gasteiger partial charge in [0.1, 0.15) is 5.75 Å². The van der Waals surface area contributed by atoms with Crippen LogP contribution in [0.1, 0.15) is 31.2 Å². The lowest BCUT2D eigenvalue weighted by Crippen LogP contribution is -2.06. The number of carboxylic acids is 1. The number of hydrogen-bond acceptors (Lipinski definition) is 3. The van der Waals surface area contributed by atoms with Crippen LogP contribution in [0.25, 0.3) is 5.57 Å². The second kappa shape index (κ2) is 7.83. The molecule has 26 heavy (non-hydrogen) atoms. The lowest BCUT2D eigenvalue weighted by molar-refractivity contribution is -0.133. The Morgan fingerprint density at radius 2 is 1.46 bits per heavy atom. The Balaban J connectivity index is 1.71. The van der Waals surface area contributed by atoms with Gasteiger partial charge in [0.25, 0.3) is 0 Å². The minimum absolute atomic E-state index is 0.469. The number of carbonyl (C=O) groups is 2. The van der Waals surface area contributed by atoms with E-state index in [9.17, 15) is 9.59 Å². The largest absolute Gasteiger partial charge is 0.478 e. The van der Waals surface area contributed by atoms with Crippen molar-refractivity contribution in [1.82, 2.24) is 0 Å². The van der Waals surface area contributed by atoms with E-state index in [0.29, 0.717) is 17.7 Å². The number of aliphatic carboxylic acids is 1. The van der Waals surface area contributed by atoms with Crippen molar-refractivity contribution in [3.8, 4) is 5.75 Å². The molecule has 4 heteroatoms. The van der Waals surface area contributed by atoms with Gasteiger partial charge in [-0.15, -0.1) is 0 Å². The van der Waals surface area contributed by atoms with Gasteiger partial charge in [0.2, 0.25) is 0 Å². The lowest BCUT2D eigenvalue weighted by Gasteiger charge is -2.19. The van der Waals surface area contributed by atoms with Crippen LogP contribution in [-0.4, -0.2) is 17.0 Å². The van der Waals surface area contributed by atoms with Gasteiger partial charge in [-0.25, -0.2) is 9.59 Å². The van der Waals surface area contributed by atoms with E-state index in [1.807, 2.05) is 18.2 Å². The highest BCUT2D eigenvalue weighted by Crippen LogP contribution is 2.34. The third-order valence-electron chi connectivity index (χ3n) is 4.60. The van der Waals surface area contributed by atoms with E-state index in [1.165, 1.54) is 16.7 Å². The van der Waals surface area contributed by atoms with Crippen LogP contribution in [0, 0.1) is 0 Å². The van der Waals surface area contributed by atoms with Crippen LogP contribution < -0.4 is 4.74 Å². The fourth-order valence-electron chi connectivity index (χ4n) is 3.12. The molecule has 0 fully saturated rings. The number of carboxylic acid groups (broad SMARTS) is 1. The standard InChI is InChI=1S/C22H20O4/c1-2-21(23)26-20-13-11-18(12-14-20)16-5-3-15(4-6-16)17-7-9-19(10-8-17)22(24)25/h2-3,5,7,9,11-14H,1,4,6,8,10H2,(H,24,25). The zero-order valence-electron chi connectivity index (χ0n) is 14.4. The number of carbonyl (C=O) groups excluding carboxylic acids is 1. The molecule has 132 valence electrons. The van der Waals surface area contributed by atoms with Crippen LogP contribution in [0.2, 0.25) is 0 Å². The molecule has 2 aliphatic carbocycles. The van der Waals surface area contributed by atoms with Crippen LogP contribution in [0.15, 0.2) is 77.9 Å². The Kier molecular flexibility index (Phi) is 5.32. The molecule has 1 N–H and O–H groups in total. The predicted octanol–water partition coefficient (Wildman–Crippen LogP) is 4.61. The minimum atomic E-state index is -0.831. The van der Waals surface area contributed by atoms with Gasteiger partial charge in [0, 0.05) is 11.6 Å².